The van der Waals surface area contributed by atoms with Crippen LogP contribution in [0.3, 0.4) is 0 Å². The number of carboxylic acid groups (broad SMARTS) is 1. The minimum Gasteiger partial charge on any atom is -0.480 e. The summed E-state index contributed by atoms with van der Waals surface area (Å²) in [6.45, 7) is 12.8. The van der Waals surface area contributed by atoms with E-state index in [0.717, 1.165) is 0 Å². The number of nitrogens with two attached hydrogens (primary N) is 2. The van der Waals surface area contributed by atoms with Crippen molar-refractivity contribution in [3.8, 4) is 0 Å². The zero-order chi connectivity index (χ0) is 34.5. The topological polar surface area (TPSA) is 240 Å². The van der Waals surface area contributed by atoms with Crippen molar-refractivity contribution in [1.29, 1.82) is 0 Å². The lowest BCUT2D eigenvalue weighted by Crippen LogP contribution is -2.46. The second-order valence-corrected chi connectivity index (χ2v) is 11.6. The second-order valence-electron chi connectivity index (χ2n) is 11.6. The third kappa shape index (κ3) is 12.0. The zero-order valence-corrected chi connectivity index (χ0v) is 27.4. The molecule has 9 N–H and O–H groups in total. The van der Waals surface area contributed by atoms with Gasteiger partial charge in [0.2, 0.25) is 11.9 Å². The Kier molecular flexibility index (Phi) is 14.0. The van der Waals surface area contributed by atoms with Crippen LogP contribution in [0.25, 0.3) is 11.2 Å². The smallest absolute Gasteiger partial charge is 0.326 e. The van der Waals surface area contributed by atoms with Crippen molar-refractivity contribution in [2.45, 2.75) is 91.0 Å². The average molecular weight is 642 g/mol. The fraction of sp³-hybridized carbons (Fsp3) is 0.516. The standard InChI is InChI=1S/C29H41N9O6.C2H6/c1-28(2,12-14-44-29(3,4)11-13-30)38-21(39)10-9-20(26(42)43)35-24(40)17-5-7-18(8-6-17)32-15-19-16-33-23-22(34-19)25(41)37-27(31)36-23;1-2/h5-8,16,20,32H,9-15,30H2,1-4H3,(H,35,40)(H,38,39)(H,42,43)(H3,31,33,36,37,41);1-2H3. The number of H-pyrrole nitrogens is 1. The van der Waals surface area contributed by atoms with Gasteiger partial charge in [0.25, 0.3) is 11.5 Å². The van der Waals surface area contributed by atoms with Crippen LogP contribution in [0.5, 0.6) is 0 Å². The molecular weight excluding hydrogens is 594 g/mol. The number of ether oxygens (including phenoxy) is 1. The van der Waals surface area contributed by atoms with Crippen LogP contribution in [0, 0.1) is 0 Å². The minimum absolute atomic E-state index is 0.0490. The summed E-state index contributed by atoms with van der Waals surface area (Å²) in [5, 5.41) is 18.2. The van der Waals surface area contributed by atoms with Crippen LogP contribution < -0.4 is 33.0 Å². The predicted molar refractivity (Wildman–Crippen MR) is 176 cm³/mol. The van der Waals surface area contributed by atoms with Crippen LogP contribution in [0.4, 0.5) is 11.6 Å². The Morgan fingerprint density at radius 1 is 1.07 bits per heavy atom. The number of aromatic nitrogens is 4. The SMILES string of the molecule is CC.CC(C)(CCOC(C)(C)CCN)NC(=O)CCC(NC(=O)c1ccc(NCc2cnc3nc(N)[nH]c(=O)c3n2)cc1)C(=O)O. The molecule has 0 fully saturated rings. The predicted octanol–water partition coefficient (Wildman–Crippen LogP) is 2.33. The summed E-state index contributed by atoms with van der Waals surface area (Å²) in [5.74, 6) is -2.21. The van der Waals surface area contributed by atoms with Gasteiger partial charge in [0.05, 0.1) is 24.0 Å². The number of benzene rings is 1. The van der Waals surface area contributed by atoms with E-state index >= 15 is 0 Å². The molecular formula is C31H47N9O6. The van der Waals surface area contributed by atoms with Crippen LogP contribution in [0.2, 0.25) is 0 Å². The number of nitrogen functional groups attached to an aromatic ring is 1. The molecule has 0 saturated carbocycles. The van der Waals surface area contributed by atoms with Gasteiger partial charge in [-0.2, -0.15) is 4.98 Å². The summed E-state index contributed by atoms with van der Waals surface area (Å²) in [6, 6.07) is 5.10. The van der Waals surface area contributed by atoms with Gasteiger partial charge in [-0.25, -0.2) is 14.8 Å². The molecule has 1 atom stereocenters. The van der Waals surface area contributed by atoms with Gasteiger partial charge < -0.3 is 37.3 Å². The summed E-state index contributed by atoms with van der Waals surface area (Å²) in [7, 11) is 0. The van der Waals surface area contributed by atoms with Crippen molar-refractivity contribution in [3.05, 3.63) is 52.1 Å². The normalized spacial score (nSPS) is 12.1. The van der Waals surface area contributed by atoms with Crippen molar-refractivity contribution in [1.82, 2.24) is 30.6 Å². The Labute approximate surface area is 268 Å². The molecule has 0 aliphatic rings. The summed E-state index contributed by atoms with van der Waals surface area (Å²) in [5.41, 5.74) is 11.3. The summed E-state index contributed by atoms with van der Waals surface area (Å²) >= 11 is 0. The molecule has 46 heavy (non-hydrogen) atoms. The Morgan fingerprint density at radius 3 is 2.37 bits per heavy atom. The number of carboxylic acids is 1. The first-order chi connectivity index (χ1) is 21.7. The first-order valence-electron chi connectivity index (χ1n) is 15.2. The number of hydrogen-bond donors (Lipinski definition) is 7. The molecule has 0 aliphatic heterocycles. The first-order valence-corrected chi connectivity index (χ1v) is 15.2. The number of amides is 2. The third-order valence-electron chi connectivity index (χ3n) is 6.81. The maximum atomic E-state index is 12.8. The number of carbonyl (C=O) groups is 3. The van der Waals surface area contributed by atoms with E-state index < -0.39 is 29.0 Å². The lowest BCUT2D eigenvalue weighted by molar-refractivity contribution is -0.139. The van der Waals surface area contributed by atoms with E-state index in [1.54, 1.807) is 12.1 Å². The van der Waals surface area contributed by atoms with E-state index in [4.69, 9.17) is 16.2 Å². The highest BCUT2D eigenvalue weighted by atomic mass is 16.5. The molecule has 252 valence electrons. The number of nitrogens with one attached hydrogen (secondary N) is 4. The van der Waals surface area contributed by atoms with Gasteiger partial charge in [-0.1, -0.05) is 13.8 Å². The summed E-state index contributed by atoms with van der Waals surface area (Å²) in [4.78, 5) is 63.9. The molecule has 0 spiro atoms. The maximum Gasteiger partial charge on any atom is 0.326 e. The number of nitrogens with zero attached hydrogens (tertiary/aromatic N) is 3. The van der Waals surface area contributed by atoms with Gasteiger partial charge in [0.15, 0.2) is 11.2 Å². The van der Waals surface area contributed by atoms with Gasteiger partial charge in [-0.3, -0.25) is 19.4 Å². The molecule has 1 unspecified atom stereocenters. The molecule has 15 nitrogen and oxygen atoms in total. The molecule has 0 bridgehead atoms. The Balaban J connectivity index is 0.00000361. The number of fused-ring (bicyclic) bond motifs is 1. The number of aromatic amines is 1. The number of carbonyl (C=O) groups excluding carboxylic acids is 2. The van der Waals surface area contributed by atoms with E-state index in [9.17, 15) is 24.3 Å². The maximum absolute atomic E-state index is 12.8. The highest BCUT2D eigenvalue weighted by Gasteiger charge is 2.26. The fourth-order valence-electron chi connectivity index (χ4n) is 4.27. The van der Waals surface area contributed by atoms with Gasteiger partial charge in [0.1, 0.15) is 6.04 Å². The average Bonchev–Trinajstić information content (AvgIpc) is 2.98. The molecule has 0 radical (unpaired) electrons. The van der Waals surface area contributed by atoms with Crippen molar-refractivity contribution in [2.75, 3.05) is 24.2 Å². The van der Waals surface area contributed by atoms with E-state index in [2.05, 4.69) is 35.9 Å². The molecule has 0 aliphatic carbocycles. The highest BCUT2D eigenvalue weighted by Crippen LogP contribution is 2.17. The fourth-order valence-corrected chi connectivity index (χ4v) is 4.27. The second kappa shape index (κ2) is 17.2. The van der Waals surface area contributed by atoms with E-state index in [-0.39, 0.29) is 53.6 Å². The van der Waals surface area contributed by atoms with Crippen LogP contribution in [0.1, 0.15) is 83.3 Å². The lowest BCUT2D eigenvalue weighted by atomic mass is 9.99. The van der Waals surface area contributed by atoms with Gasteiger partial charge in [0, 0.05) is 29.8 Å². The van der Waals surface area contributed by atoms with Crippen molar-refractivity contribution < 1.29 is 24.2 Å². The van der Waals surface area contributed by atoms with Crippen LogP contribution >= 0.6 is 0 Å². The molecule has 1 aromatic carbocycles. The molecule has 2 heterocycles. The number of rotatable bonds is 16. The minimum atomic E-state index is -1.26. The molecule has 3 aromatic rings. The molecule has 3 rings (SSSR count). The lowest BCUT2D eigenvalue weighted by Gasteiger charge is -2.30. The van der Waals surface area contributed by atoms with E-state index in [1.807, 2.05) is 41.5 Å². The van der Waals surface area contributed by atoms with Gasteiger partial charge in [-0.05, 0) is 77.8 Å². The van der Waals surface area contributed by atoms with Crippen LogP contribution in [-0.4, -0.2) is 73.2 Å². The monoisotopic (exact) mass is 641 g/mol. The van der Waals surface area contributed by atoms with Gasteiger partial charge >= 0.3 is 5.97 Å². The first kappa shape index (κ1) is 37.6. The quantitative estimate of drug-likeness (QED) is 0.119. The molecule has 2 aromatic heterocycles. The number of aliphatic carboxylic acids is 1. The number of anilines is 2. The number of hydrogen-bond acceptors (Lipinski definition) is 11. The van der Waals surface area contributed by atoms with Gasteiger partial charge in [-0.15, -0.1) is 0 Å². The Hall–Kier alpha value is -4.63. The van der Waals surface area contributed by atoms with E-state index in [1.165, 1.54) is 18.3 Å². The third-order valence-corrected chi connectivity index (χ3v) is 6.81. The highest BCUT2D eigenvalue weighted by molar-refractivity contribution is 5.97. The van der Waals surface area contributed by atoms with Crippen LogP contribution in [-0.2, 0) is 20.9 Å². The summed E-state index contributed by atoms with van der Waals surface area (Å²) in [6.07, 6.45) is 2.57. The zero-order valence-electron chi connectivity index (χ0n) is 27.4. The molecule has 0 saturated heterocycles. The Bertz CT molecular complexity index is 1520. The van der Waals surface area contributed by atoms with E-state index in [0.29, 0.717) is 37.4 Å². The molecule has 15 heteroatoms. The largest absolute Gasteiger partial charge is 0.480 e. The summed E-state index contributed by atoms with van der Waals surface area (Å²) < 4.78 is 5.88. The molecule has 2 amide bonds. The van der Waals surface area contributed by atoms with Crippen molar-refractivity contribution >= 4 is 40.6 Å². The van der Waals surface area contributed by atoms with Crippen molar-refractivity contribution in [3.63, 3.8) is 0 Å². The van der Waals surface area contributed by atoms with Crippen molar-refractivity contribution in [2.24, 2.45) is 5.73 Å². The Morgan fingerprint density at radius 2 is 1.74 bits per heavy atom. The van der Waals surface area contributed by atoms with Crippen LogP contribution in [0.15, 0.2) is 35.3 Å².